The predicted molar refractivity (Wildman–Crippen MR) is 106 cm³/mol. The first-order valence-corrected chi connectivity index (χ1v) is 10.3. The number of piperidine rings is 1. The number of nitrogens with zero attached hydrogens (tertiary/aromatic N) is 3. The molecular formula is C21H31FN4O2. The highest BCUT2D eigenvalue weighted by molar-refractivity contribution is 5.79. The van der Waals surface area contributed by atoms with E-state index in [2.05, 4.69) is 22.0 Å². The molecule has 1 unspecified atom stereocenters. The first-order valence-electron chi connectivity index (χ1n) is 10.3. The summed E-state index contributed by atoms with van der Waals surface area (Å²) in [6, 6.07) is 6.81. The number of hydrogen-bond acceptors (Lipinski definition) is 4. The Morgan fingerprint density at radius 2 is 1.71 bits per heavy atom. The third kappa shape index (κ3) is 5.75. The molecule has 154 valence electrons. The van der Waals surface area contributed by atoms with E-state index in [1.54, 1.807) is 18.2 Å². The number of hydrogen-bond donors (Lipinski definition) is 1. The van der Waals surface area contributed by atoms with Crippen molar-refractivity contribution in [3.05, 3.63) is 35.6 Å². The number of carbonyl (C=O) groups excluding carboxylic acids is 2. The molecule has 1 N–H and O–H groups in total. The van der Waals surface area contributed by atoms with Crippen LogP contribution in [0.15, 0.2) is 24.3 Å². The minimum absolute atomic E-state index is 0.102. The number of piperazine rings is 1. The van der Waals surface area contributed by atoms with Gasteiger partial charge in [-0.05, 0) is 32.3 Å². The van der Waals surface area contributed by atoms with Crippen molar-refractivity contribution in [3.8, 4) is 0 Å². The highest BCUT2D eigenvalue weighted by Crippen LogP contribution is 2.17. The van der Waals surface area contributed by atoms with Crippen molar-refractivity contribution in [1.29, 1.82) is 0 Å². The van der Waals surface area contributed by atoms with Crippen LogP contribution in [-0.4, -0.2) is 78.4 Å². The predicted octanol–water partition coefficient (Wildman–Crippen LogP) is 1.46. The second-order valence-corrected chi connectivity index (χ2v) is 7.85. The third-order valence-corrected chi connectivity index (χ3v) is 5.75. The van der Waals surface area contributed by atoms with E-state index in [0.717, 1.165) is 45.6 Å². The Morgan fingerprint density at radius 3 is 2.39 bits per heavy atom. The average molecular weight is 391 g/mol. The van der Waals surface area contributed by atoms with Gasteiger partial charge in [0.15, 0.2) is 0 Å². The Labute approximate surface area is 166 Å². The van der Waals surface area contributed by atoms with Crippen molar-refractivity contribution in [2.24, 2.45) is 0 Å². The molecule has 0 spiro atoms. The molecule has 7 heteroatoms. The summed E-state index contributed by atoms with van der Waals surface area (Å²) >= 11 is 0. The lowest BCUT2D eigenvalue weighted by Crippen LogP contribution is -2.53. The zero-order valence-electron chi connectivity index (χ0n) is 16.7. The van der Waals surface area contributed by atoms with Crippen molar-refractivity contribution < 1.29 is 14.0 Å². The zero-order chi connectivity index (χ0) is 19.9. The summed E-state index contributed by atoms with van der Waals surface area (Å²) in [6.07, 6.45) is 3.41. The Bertz CT molecular complexity index is 676. The van der Waals surface area contributed by atoms with Gasteiger partial charge in [0.05, 0.1) is 13.1 Å². The molecule has 2 aliphatic heterocycles. The van der Waals surface area contributed by atoms with Crippen molar-refractivity contribution in [2.45, 2.75) is 38.8 Å². The molecule has 2 saturated heterocycles. The molecule has 2 heterocycles. The number of amides is 2. The summed E-state index contributed by atoms with van der Waals surface area (Å²) in [5.41, 5.74) is 0.492. The highest BCUT2D eigenvalue weighted by atomic mass is 19.1. The van der Waals surface area contributed by atoms with Crippen molar-refractivity contribution in [1.82, 2.24) is 20.0 Å². The van der Waals surface area contributed by atoms with E-state index < -0.39 is 0 Å². The van der Waals surface area contributed by atoms with Crippen LogP contribution in [0.4, 0.5) is 4.39 Å². The van der Waals surface area contributed by atoms with Gasteiger partial charge in [0, 0.05) is 50.9 Å². The van der Waals surface area contributed by atoms with E-state index in [1.807, 2.05) is 4.90 Å². The van der Waals surface area contributed by atoms with Crippen molar-refractivity contribution in [3.63, 3.8) is 0 Å². The van der Waals surface area contributed by atoms with Gasteiger partial charge in [-0.1, -0.05) is 18.2 Å². The van der Waals surface area contributed by atoms with E-state index in [-0.39, 0.29) is 24.2 Å². The minimum atomic E-state index is -0.302. The number of halogens is 1. The Morgan fingerprint density at radius 1 is 1.04 bits per heavy atom. The molecule has 6 nitrogen and oxygen atoms in total. The molecule has 2 amide bonds. The summed E-state index contributed by atoms with van der Waals surface area (Å²) in [6.45, 7) is 7.08. The molecule has 0 radical (unpaired) electrons. The van der Waals surface area contributed by atoms with Crippen molar-refractivity contribution >= 4 is 11.8 Å². The van der Waals surface area contributed by atoms with E-state index in [1.165, 1.54) is 12.5 Å². The Kier molecular flexibility index (Phi) is 7.39. The molecule has 1 aromatic carbocycles. The third-order valence-electron chi connectivity index (χ3n) is 5.75. The second-order valence-electron chi connectivity index (χ2n) is 7.85. The maximum atomic E-state index is 13.6. The first-order chi connectivity index (χ1) is 13.5. The van der Waals surface area contributed by atoms with Gasteiger partial charge in [0.1, 0.15) is 5.82 Å². The normalized spacial score (nSPS) is 21.5. The average Bonchev–Trinajstić information content (AvgIpc) is 2.69. The summed E-state index contributed by atoms with van der Waals surface area (Å²) in [5.74, 6) is -0.178. The molecule has 1 atom stereocenters. The molecule has 0 bridgehead atoms. The molecule has 0 aliphatic carbocycles. The number of nitrogens with one attached hydrogen (secondary N) is 1. The Balaban J connectivity index is 1.36. The quantitative estimate of drug-likeness (QED) is 0.799. The van der Waals surface area contributed by atoms with E-state index in [0.29, 0.717) is 24.7 Å². The van der Waals surface area contributed by atoms with Gasteiger partial charge < -0.3 is 10.2 Å². The van der Waals surface area contributed by atoms with Crippen LogP contribution < -0.4 is 5.32 Å². The number of rotatable bonds is 6. The van der Waals surface area contributed by atoms with Crippen LogP contribution in [0, 0.1) is 5.82 Å². The van der Waals surface area contributed by atoms with Gasteiger partial charge in [0.25, 0.3) is 0 Å². The van der Waals surface area contributed by atoms with Gasteiger partial charge in [-0.15, -0.1) is 0 Å². The highest BCUT2D eigenvalue weighted by Gasteiger charge is 2.26. The van der Waals surface area contributed by atoms with E-state index >= 15 is 0 Å². The van der Waals surface area contributed by atoms with Crippen LogP contribution in [0.5, 0.6) is 0 Å². The van der Waals surface area contributed by atoms with Gasteiger partial charge in [-0.25, -0.2) is 4.39 Å². The fraction of sp³-hybridized carbons (Fsp3) is 0.619. The summed E-state index contributed by atoms with van der Waals surface area (Å²) in [5, 5.41) is 2.78. The molecule has 0 saturated carbocycles. The molecule has 1 aromatic rings. The summed E-state index contributed by atoms with van der Waals surface area (Å²) in [4.78, 5) is 31.0. The van der Waals surface area contributed by atoms with Crippen LogP contribution in [-0.2, 0) is 16.1 Å². The van der Waals surface area contributed by atoms with Crippen molar-refractivity contribution in [2.75, 3.05) is 45.8 Å². The van der Waals surface area contributed by atoms with Crippen LogP contribution in [0.1, 0.15) is 31.7 Å². The molecule has 2 aliphatic rings. The maximum absolute atomic E-state index is 13.6. The zero-order valence-corrected chi connectivity index (χ0v) is 16.7. The lowest BCUT2D eigenvalue weighted by molar-refractivity contribution is -0.136. The largest absolute Gasteiger partial charge is 0.351 e. The Hall–Kier alpha value is -1.99. The molecule has 3 rings (SSSR count). The number of benzene rings is 1. The first kappa shape index (κ1) is 20.7. The van der Waals surface area contributed by atoms with E-state index in [9.17, 15) is 14.0 Å². The fourth-order valence-corrected chi connectivity index (χ4v) is 3.95. The molecule has 28 heavy (non-hydrogen) atoms. The number of likely N-dealkylation sites (tertiary alicyclic amines) is 1. The van der Waals surface area contributed by atoms with Crippen LogP contribution in [0.25, 0.3) is 0 Å². The molecule has 0 aromatic heterocycles. The minimum Gasteiger partial charge on any atom is -0.351 e. The SMILES string of the molecule is CC1CCCCN1C(=O)CN1CCN(CC(=O)NCc2ccccc2F)CC1. The topological polar surface area (TPSA) is 55.9 Å². The number of carbonyl (C=O) groups is 2. The van der Waals surface area contributed by atoms with Gasteiger partial charge in [-0.2, -0.15) is 0 Å². The summed E-state index contributed by atoms with van der Waals surface area (Å²) in [7, 11) is 0. The van der Waals surface area contributed by atoms with Crippen LogP contribution in [0.3, 0.4) is 0 Å². The fourth-order valence-electron chi connectivity index (χ4n) is 3.95. The maximum Gasteiger partial charge on any atom is 0.236 e. The monoisotopic (exact) mass is 390 g/mol. The molecule has 2 fully saturated rings. The standard InChI is InChI=1S/C21H31FN4O2/c1-17-6-4-5-9-26(17)21(28)16-25-12-10-24(11-13-25)15-20(27)23-14-18-7-2-3-8-19(18)22/h2-3,7-8,17H,4-6,9-16H2,1H3,(H,23,27). The van der Waals surface area contributed by atoms with Crippen LogP contribution in [0.2, 0.25) is 0 Å². The van der Waals surface area contributed by atoms with Gasteiger partial charge in [-0.3, -0.25) is 19.4 Å². The van der Waals surface area contributed by atoms with Crippen LogP contribution >= 0.6 is 0 Å². The smallest absolute Gasteiger partial charge is 0.236 e. The lowest BCUT2D eigenvalue weighted by Gasteiger charge is -2.37. The lowest BCUT2D eigenvalue weighted by atomic mass is 10.0. The summed E-state index contributed by atoms with van der Waals surface area (Å²) < 4.78 is 13.6. The van der Waals surface area contributed by atoms with E-state index in [4.69, 9.17) is 0 Å². The van der Waals surface area contributed by atoms with Gasteiger partial charge in [0.2, 0.25) is 11.8 Å². The molecular weight excluding hydrogens is 359 g/mol. The van der Waals surface area contributed by atoms with Gasteiger partial charge >= 0.3 is 0 Å². The second kappa shape index (κ2) is 9.98.